The highest BCUT2D eigenvalue weighted by Gasteiger charge is 2.06. The van der Waals surface area contributed by atoms with Crippen LogP contribution in [0.5, 0.6) is 0 Å². The summed E-state index contributed by atoms with van der Waals surface area (Å²) in [7, 11) is 0. The lowest BCUT2D eigenvalue weighted by atomic mass is 10.1. The monoisotopic (exact) mass is 243 g/mol. The van der Waals surface area contributed by atoms with Gasteiger partial charge in [-0.3, -0.25) is 4.79 Å². The molecule has 0 unspecified atom stereocenters. The Morgan fingerprint density at radius 3 is 2.82 bits per heavy atom. The van der Waals surface area contributed by atoms with Crippen molar-refractivity contribution in [2.24, 2.45) is 0 Å². The van der Waals surface area contributed by atoms with E-state index in [9.17, 15) is 4.79 Å². The Balaban J connectivity index is 1.98. The van der Waals surface area contributed by atoms with Gasteiger partial charge in [0.05, 0.1) is 10.8 Å². The molecule has 0 bridgehead atoms. The highest BCUT2D eigenvalue weighted by Crippen LogP contribution is 2.16. The maximum atomic E-state index is 11.9. The van der Waals surface area contributed by atoms with Crippen molar-refractivity contribution in [3.63, 3.8) is 0 Å². The second-order valence-electron chi connectivity index (χ2n) is 3.75. The van der Waals surface area contributed by atoms with Gasteiger partial charge in [-0.1, -0.05) is 41.6 Å². The van der Waals surface area contributed by atoms with E-state index in [1.165, 1.54) is 11.8 Å². The fourth-order valence-electron chi connectivity index (χ4n) is 1.47. The summed E-state index contributed by atoms with van der Waals surface area (Å²) in [6.07, 6.45) is 1.74. The topological polar surface area (TPSA) is 30.0 Å². The Bertz CT molecular complexity index is 511. The minimum absolute atomic E-state index is 0.143. The fourth-order valence-corrected chi connectivity index (χ4v) is 2.23. The number of carbonyl (C=O) groups is 1. The molecule has 0 fully saturated rings. The van der Waals surface area contributed by atoms with Gasteiger partial charge in [0.1, 0.15) is 0 Å². The van der Waals surface area contributed by atoms with E-state index >= 15 is 0 Å². The smallest absolute Gasteiger partial charge is 0.173 e. The van der Waals surface area contributed by atoms with Gasteiger partial charge in [-0.2, -0.15) is 0 Å². The van der Waals surface area contributed by atoms with Crippen LogP contribution in [0, 0.1) is 6.92 Å². The Kier molecular flexibility index (Phi) is 3.94. The summed E-state index contributed by atoms with van der Waals surface area (Å²) in [5.74, 6) is 0.574. The van der Waals surface area contributed by atoms with Crippen molar-refractivity contribution < 1.29 is 4.79 Å². The third kappa shape index (κ3) is 3.43. The van der Waals surface area contributed by atoms with Crippen molar-refractivity contribution in [2.45, 2.75) is 11.9 Å². The van der Waals surface area contributed by atoms with Gasteiger partial charge in [0, 0.05) is 11.8 Å². The van der Waals surface area contributed by atoms with Crippen LogP contribution in [0.25, 0.3) is 0 Å². The summed E-state index contributed by atoms with van der Waals surface area (Å²) in [6, 6.07) is 13.4. The molecule has 0 saturated carbocycles. The van der Waals surface area contributed by atoms with E-state index in [-0.39, 0.29) is 5.78 Å². The van der Waals surface area contributed by atoms with Crippen LogP contribution in [0.1, 0.15) is 15.9 Å². The van der Waals surface area contributed by atoms with Crippen molar-refractivity contribution in [1.29, 1.82) is 0 Å². The molecule has 2 rings (SSSR count). The van der Waals surface area contributed by atoms with Crippen LogP contribution in [0.3, 0.4) is 0 Å². The van der Waals surface area contributed by atoms with E-state index in [1.54, 1.807) is 6.20 Å². The summed E-state index contributed by atoms with van der Waals surface area (Å²) in [5, 5.41) is 0.883. The first kappa shape index (κ1) is 11.9. The second-order valence-corrected chi connectivity index (χ2v) is 4.74. The molecule has 0 aliphatic rings. The lowest BCUT2D eigenvalue weighted by Gasteiger charge is -2.01. The van der Waals surface area contributed by atoms with Crippen molar-refractivity contribution in [2.75, 3.05) is 5.75 Å². The zero-order valence-electron chi connectivity index (χ0n) is 9.59. The van der Waals surface area contributed by atoms with Gasteiger partial charge in [-0.05, 0) is 25.1 Å². The SMILES string of the molecule is Cc1cccc(C(=O)CSc2ccccn2)c1. The Morgan fingerprint density at radius 2 is 2.12 bits per heavy atom. The van der Waals surface area contributed by atoms with E-state index in [0.29, 0.717) is 5.75 Å². The summed E-state index contributed by atoms with van der Waals surface area (Å²) >= 11 is 1.47. The number of Topliss-reactive ketones (excluding diaryl/α,β-unsaturated/α-hetero) is 1. The van der Waals surface area contributed by atoms with Gasteiger partial charge in [0.2, 0.25) is 0 Å². The Morgan fingerprint density at radius 1 is 1.24 bits per heavy atom. The standard InChI is InChI=1S/C14H13NOS/c1-11-5-4-6-12(9-11)13(16)10-17-14-7-2-3-8-15-14/h2-9H,10H2,1H3. The van der Waals surface area contributed by atoms with Crippen LogP contribution in [0.4, 0.5) is 0 Å². The maximum absolute atomic E-state index is 11.9. The van der Waals surface area contributed by atoms with E-state index < -0.39 is 0 Å². The summed E-state index contributed by atoms with van der Waals surface area (Å²) in [5.41, 5.74) is 1.88. The zero-order valence-corrected chi connectivity index (χ0v) is 10.4. The van der Waals surface area contributed by atoms with Gasteiger partial charge < -0.3 is 0 Å². The molecule has 1 aromatic heterocycles. The minimum Gasteiger partial charge on any atom is -0.293 e. The van der Waals surface area contributed by atoms with E-state index in [0.717, 1.165) is 16.2 Å². The highest BCUT2D eigenvalue weighted by atomic mass is 32.2. The van der Waals surface area contributed by atoms with Crippen LogP contribution in [-0.4, -0.2) is 16.5 Å². The van der Waals surface area contributed by atoms with E-state index in [2.05, 4.69) is 4.98 Å². The molecule has 0 radical (unpaired) electrons. The second kappa shape index (κ2) is 5.64. The molecule has 86 valence electrons. The number of rotatable bonds is 4. The first-order chi connectivity index (χ1) is 8.25. The third-order valence-corrected chi connectivity index (χ3v) is 3.27. The first-order valence-electron chi connectivity index (χ1n) is 5.39. The largest absolute Gasteiger partial charge is 0.293 e. The van der Waals surface area contributed by atoms with Crippen LogP contribution < -0.4 is 0 Å². The molecule has 3 heteroatoms. The molecule has 0 atom stereocenters. The Labute approximate surface area is 105 Å². The number of aromatic nitrogens is 1. The van der Waals surface area contributed by atoms with E-state index in [1.807, 2.05) is 49.4 Å². The van der Waals surface area contributed by atoms with Crippen LogP contribution in [0.15, 0.2) is 53.7 Å². The molecule has 2 nitrogen and oxygen atoms in total. The molecular weight excluding hydrogens is 230 g/mol. The highest BCUT2D eigenvalue weighted by molar-refractivity contribution is 7.99. The zero-order chi connectivity index (χ0) is 12.1. The number of hydrogen-bond acceptors (Lipinski definition) is 3. The van der Waals surface area contributed by atoms with Crippen LogP contribution in [-0.2, 0) is 0 Å². The number of benzene rings is 1. The number of carbonyl (C=O) groups excluding carboxylic acids is 1. The number of hydrogen-bond donors (Lipinski definition) is 0. The van der Waals surface area contributed by atoms with Gasteiger partial charge >= 0.3 is 0 Å². The molecule has 2 aromatic rings. The normalized spacial score (nSPS) is 10.2. The van der Waals surface area contributed by atoms with Gasteiger partial charge in [-0.15, -0.1) is 0 Å². The Hall–Kier alpha value is -1.61. The summed E-state index contributed by atoms with van der Waals surface area (Å²) in [4.78, 5) is 16.1. The summed E-state index contributed by atoms with van der Waals surface area (Å²) < 4.78 is 0. The first-order valence-corrected chi connectivity index (χ1v) is 6.38. The fraction of sp³-hybridized carbons (Fsp3) is 0.143. The van der Waals surface area contributed by atoms with Crippen molar-refractivity contribution in [1.82, 2.24) is 4.98 Å². The molecule has 0 aliphatic carbocycles. The maximum Gasteiger partial charge on any atom is 0.173 e. The average molecular weight is 243 g/mol. The van der Waals surface area contributed by atoms with Gasteiger partial charge in [0.15, 0.2) is 5.78 Å². The van der Waals surface area contributed by atoms with Crippen LogP contribution in [0.2, 0.25) is 0 Å². The van der Waals surface area contributed by atoms with E-state index in [4.69, 9.17) is 0 Å². The molecule has 0 amide bonds. The quantitative estimate of drug-likeness (QED) is 0.609. The van der Waals surface area contributed by atoms with Crippen molar-refractivity contribution >= 4 is 17.5 Å². The molecule has 0 aliphatic heterocycles. The number of thioether (sulfide) groups is 1. The van der Waals surface area contributed by atoms with Crippen molar-refractivity contribution in [3.8, 4) is 0 Å². The third-order valence-electron chi connectivity index (χ3n) is 2.33. The number of aryl methyl sites for hydroxylation is 1. The predicted octanol–water partition coefficient (Wildman–Crippen LogP) is 3.37. The van der Waals surface area contributed by atoms with Crippen molar-refractivity contribution in [3.05, 3.63) is 59.8 Å². The van der Waals surface area contributed by atoms with Crippen LogP contribution >= 0.6 is 11.8 Å². The molecule has 0 N–H and O–H groups in total. The molecule has 0 spiro atoms. The lowest BCUT2D eigenvalue weighted by Crippen LogP contribution is -2.02. The predicted molar refractivity (Wildman–Crippen MR) is 70.5 cm³/mol. The molecule has 1 aromatic carbocycles. The lowest BCUT2D eigenvalue weighted by molar-refractivity contribution is 0.102. The molecule has 0 saturated heterocycles. The number of ketones is 1. The number of nitrogens with zero attached hydrogens (tertiary/aromatic N) is 1. The number of pyridine rings is 1. The average Bonchev–Trinajstić information content (AvgIpc) is 2.37. The molecular formula is C14H13NOS. The molecule has 1 heterocycles. The van der Waals surface area contributed by atoms with Gasteiger partial charge in [0.25, 0.3) is 0 Å². The minimum atomic E-state index is 0.143. The van der Waals surface area contributed by atoms with Gasteiger partial charge in [-0.25, -0.2) is 4.98 Å². The molecule has 17 heavy (non-hydrogen) atoms. The summed E-state index contributed by atoms with van der Waals surface area (Å²) in [6.45, 7) is 1.99.